The fraction of sp³-hybridized carbons (Fsp3) is 0.833. The van der Waals surface area contributed by atoms with Gasteiger partial charge in [-0.05, 0) is 0 Å². The maximum absolute atomic E-state index is 8.79. The summed E-state index contributed by atoms with van der Waals surface area (Å²) in [6, 6.07) is 0. The molecule has 0 aliphatic heterocycles. The molecule has 0 amide bonds. The van der Waals surface area contributed by atoms with Crippen LogP contribution >= 0.6 is 0 Å². The Hall–Kier alpha value is 0.337. The van der Waals surface area contributed by atoms with Gasteiger partial charge in [-0.2, -0.15) is 0 Å². The average Bonchev–Trinajstić information content (AvgIpc) is 1.65. The molecule has 0 bridgehead atoms. The minimum atomic E-state index is -0.546. The predicted octanol–water partition coefficient (Wildman–Crippen LogP) is -0.663. The van der Waals surface area contributed by atoms with Crippen LogP contribution in [0.2, 0.25) is 0 Å². The van der Waals surface area contributed by atoms with E-state index in [0.717, 1.165) is 0 Å². The van der Waals surface area contributed by atoms with Crippen LogP contribution in [-0.2, 0) is 0 Å². The largest absolute Gasteiger partial charge is 0.187 e. The normalized spacial score (nSPS) is 12.2. The number of hydrogen-bond donors (Lipinski definition) is 1. The Morgan fingerprint density at radius 2 is 2.00 bits per heavy atom. The second kappa shape index (κ2) is 6.46. The van der Waals surface area contributed by atoms with Crippen molar-refractivity contribution >= 4 is 24.7 Å². The third-order valence-corrected chi connectivity index (χ3v) is 0.887. The molecule has 0 aromatic rings. The van der Waals surface area contributed by atoms with E-state index in [1.165, 1.54) is 0 Å². The molecule has 0 aromatic heterocycles. The Labute approximate surface area is 68.3 Å². The molecular weight excluding hydrogens is 126 g/mol. The first-order valence-corrected chi connectivity index (χ1v) is 2.81. The minimum Gasteiger partial charge on any atom is 0.187 e. The summed E-state index contributed by atoms with van der Waals surface area (Å²) in [6.45, 7) is 4.06. The third-order valence-electron chi connectivity index (χ3n) is 0.887. The second-order valence-electron chi connectivity index (χ2n) is 2.31. The quantitative estimate of drug-likeness (QED) is 0.504. The first-order valence-electron chi connectivity index (χ1n) is 2.81. The van der Waals surface area contributed by atoms with Gasteiger partial charge in [-0.25, -0.2) is 0 Å². The second-order valence-corrected chi connectivity index (χ2v) is 2.31. The summed E-state index contributed by atoms with van der Waals surface area (Å²) in [5.74, 6) is 2.74. The first kappa shape index (κ1) is 12.1. The van der Waals surface area contributed by atoms with Crippen molar-refractivity contribution in [2.45, 2.75) is 26.4 Å². The molecule has 3 heteroatoms. The maximum Gasteiger partial charge on any atom is 0.187 e. The Morgan fingerprint density at radius 3 is 2.11 bits per heavy atom. The molecule has 50 valence electrons. The summed E-state index contributed by atoms with van der Waals surface area (Å²) in [7, 11) is 4.92. The van der Waals surface area contributed by atoms with E-state index in [1.54, 1.807) is 0 Å². The summed E-state index contributed by atoms with van der Waals surface area (Å²) in [5, 5.41) is 8.79. The smallest absolute Gasteiger partial charge is 0.187 e. The van der Waals surface area contributed by atoms with E-state index in [2.05, 4.69) is 5.80 Å². The fourth-order valence-corrected chi connectivity index (χ4v) is 0.515. The van der Waals surface area contributed by atoms with Crippen LogP contribution < -0.4 is 0 Å². The van der Waals surface area contributed by atoms with Crippen molar-refractivity contribution in [3.8, 4) is 5.80 Å². The Balaban J connectivity index is 0. The van der Waals surface area contributed by atoms with Crippen LogP contribution in [0.15, 0.2) is 0 Å². The molecule has 1 atom stereocenters. The van der Waals surface area contributed by atoms with Gasteiger partial charge in [0.2, 0.25) is 0 Å². The standard InChI is InChI=1S/C6H11BO.Al.3H/c1-5(2)3-6(8)4-7;;;;/h5-6,8H,3H2,1-2H3;;;;. The number of aliphatic hydroxyl groups excluding tert-OH is 1. The first-order chi connectivity index (χ1) is 3.66. The topological polar surface area (TPSA) is 20.2 Å². The van der Waals surface area contributed by atoms with Gasteiger partial charge in [0.05, 0.1) is 0 Å². The fourth-order valence-electron chi connectivity index (χ4n) is 0.515. The van der Waals surface area contributed by atoms with E-state index in [-0.39, 0.29) is 17.4 Å². The molecule has 0 spiro atoms. The van der Waals surface area contributed by atoms with Crippen molar-refractivity contribution in [3.63, 3.8) is 0 Å². The van der Waals surface area contributed by atoms with Crippen LogP contribution in [0.5, 0.6) is 0 Å². The van der Waals surface area contributed by atoms with Gasteiger partial charge < -0.3 is 0 Å². The zero-order valence-electron chi connectivity index (χ0n) is 5.39. The van der Waals surface area contributed by atoms with E-state index < -0.39 is 6.10 Å². The molecule has 1 N–H and O–H groups in total. The monoisotopic (exact) mass is 140 g/mol. The molecule has 0 aromatic carbocycles. The molecule has 1 nitrogen and oxygen atoms in total. The van der Waals surface area contributed by atoms with Crippen molar-refractivity contribution < 1.29 is 5.11 Å². The van der Waals surface area contributed by atoms with Crippen LogP contribution in [0.25, 0.3) is 0 Å². The van der Waals surface area contributed by atoms with Crippen LogP contribution in [0.3, 0.4) is 0 Å². The van der Waals surface area contributed by atoms with Crippen molar-refractivity contribution in [3.05, 3.63) is 0 Å². The van der Waals surface area contributed by atoms with E-state index in [4.69, 9.17) is 12.4 Å². The molecule has 0 heterocycles. The van der Waals surface area contributed by atoms with Gasteiger partial charge in [0.15, 0.2) is 17.4 Å². The van der Waals surface area contributed by atoms with Gasteiger partial charge in [-0.15, -0.1) is 0 Å². The van der Waals surface area contributed by atoms with Crippen molar-refractivity contribution in [2.24, 2.45) is 5.92 Å². The van der Waals surface area contributed by atoms with E-state index in [9.17, 15) is 0 Å². The molecule has 0 saturated carbocycles. The van der Waals surface area contributed by atoms with E-state index in [1.807, 2.05) is 13.8 Å². The molecule has 0 saturated heterocycles. The SMILES string of the molecule is B#CC(O)CC(C)C.[AlH3]. The predicted molar refractivity (Wildman–Crippen MR) is 45.0 cm³/mol. The molecule has 9 heavy (non-hydrogen) atoms. The molecule has 0 aliphatic rings. The molecule has 0 fully saturated rings. The molecular formula is C6H14AlBO. The number of rotatable bonds is 2. The maximum atomic E-state index is 8.79. The van der Waals surface area contributed by atoms with E-state index in [0.29, 0.717) is 12.3 Å². The van der Waals surface area contributed by atoms with Crippen LogP contribution in [0.1, 0.15) is 20.3 Å². The van der Waals surface area contributed by atoms with Crippen LogP contribution in [0.4, 0.5) is 0 Å². The Morgan fingerprint density at radius 1 is 1.56 bits per heavy atom. The summed E-state index contributed by atoms with van der Waals surface area (Å²) in [5.41, 5.74) is 0. The minimum absolute atomic E-state index is 0. The van der Waals surface area contributed by atoms with E-state index >= 15 is 0 Å². The zero-order valence-corrected chi connectivity index (χ0v) is 5.39. The molecule has 0 aliphatic carbocycles. The summed E-state index contributed by atoms with van der Waals surface area (Å²) >= 11 is 0. The van der Waals surface area contributed by atoms with Crippen LogP contribution in [-0.4, -0.2) is 35.9 Å². The third kappa shape index (κ3) is 8.34. The van der Waals surface area contributed by atoms with Gasteiger partial charge in [-0.3, -0.25) is 0 Å². The molecule has 1 unspecified atom stereocenters. The number of hydrogen-bond acceptors (Lipinski definition) is 1. The van der Waals surface area contributed by atoms with Gasteiger partial charge >= 0.3 is 50.5 Å². The summed E-state index contributed by atoms with van der Waals surface area (Å²) < 4.78 is 0. The van der Waals surface area contributed by atoms with Crippen molar-refractivity contribution in [1.82, 2.24) is 0 Å². The van der Waals surface area contributed by atoms with Crippen molar-refractivity contribution in [1.29, 1.82) is 0 Å². The van der Waals surface area contributed by atoms with Gasteiger partial charge in [0.25, 0.3) is 0 Å². The Kier molecular flexibility index (Phi) is 8.65. The summed E-state index contributed by atoms with van der Waals surface area (Å²) in [6.07, 6.45) is 0.159. The zero-order chi connectivity index (χ0) is 6.57. The molecule has 0 radical (unpaired) electrons. The van der Waals surface area contributed by atoms with Crippen molar-refractivity contribution in [2.75, 3.05) is 0 Å². The Bertz CT molecular complexity index is 97.7. The van der Waals surface area contributed by atoms with Gasteiger partial charge in [0, 0.05) is 0 Å². The van der Waals surface area contributed by atoms with Gasteiger partial charge in [-0.1, -0.05) is 0 Å². The summed E-state index contributed by atoms with van der Waals surface area (Å²) in [4.78, 5) is 0. The average molecular weight is 140 g/mol. The molecule has 0 rings (SSSR count). The van der Waals surface area contributed by atoms with Crippen LogP contribution in [0, 0.1) is 11.7 Å². The van der Waals surface area contributed by atoms with Gasteiger partial charge in [0.1, 0.15) is 0 Å². The number of aliphatic hydroxyl groups is 1.